The third kappa shape index (κ3) is 3.22. The summed E-state index contributed by atoms with van der Waals surface area (Å²) < 4.78 is 0. The van der Waals surface area contributed by atoms with E-state index >= 15 is 0 Å². The molecule has 0 aromatic heterocycles. The normalized spacial score (nSPS) is 18.1. The number of carbonyl (C=O) groups is 1. The summed E-state index contributed by atoms with van der Waals surface area (Å²) in [6, 6.07) is 0. The van der Waals surface area contributed by atoms with Crippen molar-refractivity contribution in [3.63, 3.8) is 0 Å². The maximum atomic E-state index is 11.0. The van der Waals surface area contributed by atoms with Gasteiger partial charge in [-0.25, -0.2) is 5.48 Å². The van der Waals surface area contributed by atoms with Crippen LogP contribution in [0.3, 0.4) is 0 Å². The van der Waals surface area contributed by atoms with Gasteiger partial charge in [-0.2, -0.15) is 0 Å². The molecule has 1 fully saturated rings. The molecule has 1 saturated carbocycles. The third-order valence-electron chi connectivity index (χ3n) is 2.12. The van der Waals surface area contributed by atoms with Crippen LogP contribution < -0.4 is 5.48 Å². The number of nitrogens with one attached hydrogen (secondary N) is 1. The van der Waals surface area contributed by atoms with E-state index in [0.717, 1.165) is 19.3 Å². The summed E-state index contributed by atoms with van der Waals surface area (Å²) in [4.78, 5) is 16.2. The first-order chi connectivity index (χ1) is 5.83. The van der Waals surface area contributed by atoms with Crippen LogP contribution in [0.4, 0.5) is 0 Å². The predicted octanol–water partition coefficient (Wildman–Crippen LogP) is 1.78. The van der Waals surface area contributed by atoms with Gasteiger partial charge in [-0.3, -0.25) is 9.63 Å². The monoisotopic (exact) mass is 171 g/mol. The predicted molar refractivity (Wildman–Crippen MR) is 46.4 cm³/mol. The van der Waals surface area contributed by atoms with Crippen LogP contribution in [0.1, 0.15) is 45.4 Å². The summed E-state index contributed by atoms with van der Waals surface area (Å²) in [5.74, 6) is 0.00407. The molecule has 1 aliphatic rings. The number of hydroxylamine groups is 1. The van der Waals surface area contributed by atoms with Crippen LogP contribution in [0.2, 0.25) is 0 Å². The molecule has 0 saturated heterocycles. The van der Waals surface area contributed by atoms with E-state index in [0.29, 0.717) is 6.42 Å². The summed E-state index contributed by atoms with van der Waals surface area (Å²) in [6.07, 6.45) is 6.35. The van der Waals surface area contributed by atoms with Crippen molar-refractivity contribution in [1.82, 2.24) is 5.48 Å². The second kappa shape index (κ2) is 5.14. The van der Waals surface area contributed by atoms with Gasteiger partial charge < -0.3 is 0 Å². The van der Waals surface area contributed by atoms with Crippen molar-refractivity contribution in [2.24, 2.45) is 0 Å². The zero-order chi connectivity index (χ0) is 8.81. The molecule has 0 spiro atoms. The summed E-state index contributed by atoms with van der Waals surface area (Å²) in [5, 5.41) is 0. The lowest BCUT2D eigenvalue weighted by Crippen LogP contribution is -2.27. The molecule has 12 heavy (non-hydrogen) atoms. The van der Waals surface area contributed by atoms with Crippen LogP contribution in [0.25, 0.3) is 0 Å². The fourth-order valence-electron chi connectivity index (χ4n) is 1.43. The van der Waals surface area contributed by atoms with E-state index in [1.807, 2.05) is 6.92 Å². The first-order valence-electron chi connectivity index (χ1n) is 4.77. The highest BCUT2D eigenvalue weighted by atomic mass is 16.7. The van der Waals surface area contributed by atoms with Gasteiger partial charge >= 0.3 is 0 Å². The van der Waals surface area contributed by atoms with Gasteiger partial charge in [0.25, 0.3) is 0 Å². The molecule has 3 heteroatoms. The molecule has 1 amide bonds. The van der Waals surface area contributed by atoms with E-state index in [1.165, 1.54) is 12.8 Å². The maximum absolute atomic E-state index is 11.0. The van der Waals surface area contributed by atoms with Crippen molar-refractivity contribution in [3.8, 4) is 0 Å². The zero-order valence-electron chi connectivity index (χ0n) is 7.64. The molecular weight excluding hydrogens is 154 g/mol. The Bertz CT molecular complexity index is 141. The van der Waals surface area contributed by atoms with Crippen molar-refractivity contribution in [3.05, 3.63) is 0 Å². The van der Waals surface area contributed by atoms with Crippen LogP contribution in [0.15, 0.2) is 0 Å². The lowest BCUT2D eigenvalue weighted by Gasteiger charge is -2.10. The van der Waals surface area contributed by atoms with Gasteiger partial charge in [0.15, 0.2) is 0 Å². The van der Waals surface area contributed by atoms with Gasteiger partial charge in [-0.15, -0.1) is 0 Å². The molecule has 1 aliphatic carbocycles. The molecule has 0 radical (unpaired) electrons. The van der Waals surface area contributed by atoms with Gasteiger partial charge in [0.2, 0.25) is 5.91 Å². The molecule has 3 nitrogen and oxygen atoms in total. The van der Waals surface area contributed by atoms with Gasteiger partial charge in [-0.05, 0) is 19.3 Å². The Morgan fingerprint density at radius 3 is 2.75 bits per heavy atom. The number of carbonyl (C=O) groups excluding carboxylic acids is 1. The van der Waals surface area contributed by atoms with Crippen LogP contribution in [-0.4, -0.2) is 12.0 Å². The first-order valence-corrected chi connectivity index (χ1v) is 4.77. The van der Waals surface area contributed by atoms with E-state index in [-0.39, 0.29) is 12.0 Å². The third-order valence-corrected chi connectivity index (χ3v) is 2.12. The van der Waals surface area contributed by atoms with E-state index < -0.39 is 0 Å². The fraction of sp³-hybridized carbons (Fsp3) is 0.889. The minimum atomic E-state index is 0.00407. The van der Waals surface area contributed by atoms with Crippen molar-refractivity contribution >= 4 is 5.91 Å². The average Bonchev–Trinajstić information content (AvgIpc) is 2.53. The Balaban J connectivity index is 2.03. The smallest absolute Gasteiger partial charge is 0.243 e. The fourth-order valence-corrected chi connectivity index (χ4v) is 1.43. The largest absolute Gasteiger partial charge is 0.273 e. The Kier molecular flexibility index (Phi) is 4.08. The summed E-state index contributed by atoms with van der Waals surface area (Å²) in [5.41, 5.74) is 2.49. The highest BCUT2D eigenvalue weighted by Gasteiger charge is 2.16. The van der Waals surface area contributed by atoms with E-state index in [9.17, 15) is 4.79 Å². The van der Waals surface area contributed by atoms with E-state index in [2.05, 4.69) is 5.48 Å². The summed E-state index contributed by atoms with van der Waals surface area (Å²) in [6.45, 7) is 1.98. The molecule has 0 aromatic rings. The number of amides is 1. The van der Waals surface area contributed by atoms with Crippen molar-refractivity contribution in [2.45, 2.75) is 51.6 Å². The minimum absolute atomic E-state index is 0.00407. The van der Waals surface area contributed by atoms with Crippen LogP contribution >= 0.6 is 0 Å². The summed E-state index contributed by atoms with van der Waals surface area (Å²) in [7, 11) is 0. The van der Waals surface area contributed by atoms with E-state index in [4.69, 9.17) is 4.84 Å². The number of hydrogen-bond acceptors (Lipinski definition) is 2. The van der Waals surface area contributed by atoms with Gasteiger partial charge in [0, 0.05) is 6.42 Å². The molecular formula is C9H17NO2. The highest BCUT2D eigenvalue weighted by molar-refractivity contribution is 5.74. The number of hydrogen-bond donors (Lipinski definition) is 1. The Morgan fingerprint density at radius 2 is 2.17 bits per heavy atom. The lowest BCUT2D eigenvalue weighted by molar-refractivity contribution is -0.138. The quantitative estimate of drug-likeness (QED) is 0.655. The van der Waals surface area contributed by atoms with Crippen molar-refractivity contribution in [2.75, 3.05) is 0 Å². The molecule has 1 N–H and O–H groups in total. The molecule has 0 aliphatic heterocycles. The van der Waals surface area contributed by atoms with Crippen LogP contribution in [0.5, 0.6) is 0 Å². The van der Waals surface area contributed by atoms with E-state index in [1.54, 1.807) is 0 Å². The van der Waals surface area contributed by atoms with Gasteiger partial charge in [0.05, 0.1) is 6.10 Å². The second-order valence-electron chi connectivity index (χ2n) is 3.30. The van der Waals surface area contributed by atoms with Crippen LogP contribution in [0, 0.1) is 0 Å². The average molecular weight is 171 g/mol. The molecule has 0 bridgehead atoms. The highest BCUT2D eigenvalue weighted by Crippen LogP contribution is 2.19. The Hall–Kier alpha value is -0.570. The van der Waals surface area contributed by atoms with Crippen LogP contribution in [-0.2, 0) is 9.63 Å². The zero-order valence-corrected chi connectivity index (χ0v) is 7.64. The Labute approximate surface area is 73.4 Å². The minimum Gasteiger partial charge on any atom is -0.273 e. The molecule has 0 aromatic carbocycles. The number of rotatable bonds is 4. The molecule has 0 heterocycles. The molecule has 0 unspecified atom stereocenters. The van der Waals surface area contributed by atoms with Crippen molar-refractivity contribution < 1.29 is 9.63 Å². The standard InChI is InChI=1S/C9H17NO2/c1-2-5-9(11)10-12-8-6-3-4-7-8/h8H,2-7H2,1H3,(H,10,11). The summed E-state index contributed by atoms with van der Waals surface area (Å²) >= 11 is 0. The molecule has 0 atom stereocenters. The second-order valence-corrected chi connectivity index (χ2v) is 3.30. The van der Waals surface area contributed by atoms with Gasteiger partial charge in [0.1, 0.15) is 0 Å². The maximum Gasteiger partial charge on any atom is 0.243 e. The topological polar surface area (TPSA) is 38.3 Å². The van der Waals surface area contributed by atoms with Crippen molar-refractivity contribution in [1.29, 1.82) is 0 Å². The molecule has 70 valence electrons. The lowest BCUT2D eigenvalue weighted by atomic mass is 10.3. The molecule has 1 rings (SSSR count). The first kappa shape index (κ1) is 9.52. The van der Waals surface area contributed by atoms with Gasteiger partial charge in [-0.1, -0.05) is 19.8 Å². The SMILES string of the molecule is CCCC(=O)NOC1CCCC1. The Morgan fingerprint density at radius 1 is 1.50 bits per heavy atom.